The lowest BCUT2D eigenvalue weighted by Gasteiger charge is -2.09. The van der Waals surface area contributed by atoms with Gasteiger partial charge in [-0.15, -0.1) is 11.3 Å². The number of anilines is 1. The molecule has 1 aliphatic rings. The molecule has 0 aliphatic carbocycles. The van der Waals surface area contributed by atoms with Crippen molar-refractivity contribution in [1.82, 2.24) is 15.5 Å². The van der Waals surface area contributed by atoms with Crippen molar-refractivity contribution in [1.29, 1.82) is 0 Å². The third kappa shape index (κ3) is 2.06. The summed E-state index contributed by atoms with van der Waals surface area (Å²) < 4.78 is 4.77. The Morgan fingerprint density at radius 1 is 1.59 bits per heavy atom. The number of rotatable bonds is 2. The number of thiazole rings is 1. The number of amides is 1. The number of hydrogen-bond acceptors (Lipinski definition) is 6. The van der Waals surface area contributed by atoms with Gasteiger partial charge in [-0.25, -0.2) is 4.98 Å². The zero-order valence-electron chi connectivity index (χ0n) is 8.90. The molecule has 2 N–H and O–H groups in total. The summed E-state index contributed by atoms with van der Waals surface area (Å²) in [4.78, 5) is 17.3. The molecule has 0 bridgehead atoms. The van der Waals surface area contributed by atoms with E-state index in [2.05, 4.69) is 20.8 Å². The van der Waals surface area contributed by atoms with E-state index >= 15 is 0 Å². The van der Waals surface area contributed by atoms with E-state index in [-0.39, 0.29) is 11.7 Å². The van der Waals surface area contributed by atoms with Gasteiger partial charge >= 0.3 is 0 Å². The van der Waals surface area contributed by atoms with Crippen molar-refractivity contribution < 1.29 is 9.32 Å². The van der Waals surface area contributed by atoms with E-state index in [1.54, 1.807) is 0 Å². The van der Waals surface area contributed by atoms with Crippen LogP contribution in [0.1, 0.15) is 21.1 Å². The van der Waals surface area contributed by atoms with Gasteiger partial charge in [0.15, 0.2) is 5.13 Å². The molecule has 0 saturated carbocycles. The van der Waals surface area contributed by atoms with E-state index in [1.807, 2.05) is 0 Å². The number of carbonyl (C=O) groups excluding carboxylic acids is 1. The minimum absolute atomic E-state index is 0.191. The molecule has 0 unspecified atom stereocenters. The van der Waals surface area contributed by atoms with Crippen LogP contribution in [0.2, 0.25) is 0 Å². The molecule has 0 fully saturated rings. The lowest BCUT2D eigenvalue weighted by atomic mass is 10.2. The SMILES string of the molecule is O=C(Nc1nc2c(s1)CNCC2)c1ccno1. The molecule has 1 aliphatic heterocycles. The highest BCUT2D eigenvalue weighted by molar-refractivity contribution is 7.15. The average Bonchev–Trinajstić information content (AvgIpc) is 2.97. The molecule has 7 heteroatoms. The molecule has 0 atom stereocenters. The molecule has 2 aromatic heterocycles. The van der Waals surface area contributed by atoms with E-state index in [0.717, 1.165) is 25.2 Å². The molecular formula is C10H10N4O2S. The van der Waals surface area contributed by atoms with Crippen LogP contribution in [0, 0.1) is 0 Å². The second kappa shape index (κ2) is 4.27. The fraction of sp³-hybridized carbons (Fsp3) is 0.300. The summed E-state index contributed by atoms with van der Waals surface area (Å²) in [6, 6.07) is 1.52. The maximum atomic E-state index is 11.7. The third-order valence-corrected chi connectivity index (χ3v) is 3.50. The molecule has 6 nitrogen and oxygen atoms in total. The van der Waals surface area contributed by atoms with Crippen molar-refractivity contribution in [2.24, 2.45) is 0 Å². The summed E-state index contributed by atoms with van der Waals surface area (Å²) >= 11 is 1.49. The van der Waals surface area contributed by atoms with Crippen LogP contribution in [0.3, 0.4) is 0 Å². The Morgan fingerprint density at radius 3 is 3.29 bits per heavy atom. The van der Waals surface area contributed by atoms with Crippen LogP contribution >= 0.6 is 11.3 Å². The Kier molecular flexibility index (Phi) is 2.62. The molecule has 0 radical (unpaired) electrons. The van der Waals surface area contributed by atoms with Crippen LogP contribution in [0.15, 0.2) is 16.8 Å². The Hall–Kier alpha value is -1.73. The summed E-state index contributed by atoms with van der Waals surface area (Å²) in [7, 11) is 0. The molecule has 88 valence electrons. The van der Waals surface area contributed by atoms with Crippen molar-refractivity contribution >= 4 is 22.4 Å². The second-order valence-electron chi connectivity index (χ2n) is 3.65. The van der Waals surface area contributed by atoms with Gasteiger partial charge in [0.25, 0.3) is 5.91 Å². The van der Waals surface area contributed by atoms with Gasteiger partial charge in [-0.3, -0.25) is 10.1 Å². The number of carbonyl (C=O) groups is 1. The number of aromatic nitrogens is 2. The maximum Gasteiger partial charge on any atom is 0.296 e. The first kappa shape index (κ1) is 10.4. The highest BCUT2D eigenvalue weighted by Gasteiger charge is 2.17. The minimum Gasteiger partial charge on any atom is -0.351 e. The molecule has 3 heterocycles. The van der Waals surface area contributed by atoms with Crippen LogP contribution in [0.4, 0.5) is 5.13 Å². The number of nitrogens with one attached hydrogen (secondary N) is 2. The maximum absolute atomic E-state index is 11.7. The fourth-order valence-electron chi connectivity index (χ4n) is 1.67. The summed E-state index contributed by atoms with van der Waals surface area (Å²) in [6.07, 6.45) is 2.34. The number of hydrogen-bond donors (Lipinski definition) is 2. The van der Waals surface area contributed by atoms with Crippen molar-refractivity contribution in [3.63, 3.8) is 0 Å². The van der Waals surface area contributed by atoms with Crippen molar-refractivity contribution in [2.75, 3.05) is 11.9 Å². The topological polar surface area (TPSA) is 80.0 Å². The van der Waals surface area contributed by atoms with Gasteiger partial charge in [0.1, 0.15) is 0 Å². The Labute approximate surface area is 101 Å². The third-order valence-electron chi connectivity index (χ3n) is 2.48. The van der Waals surface area contributed by atoms with Crippen LogP contribution in [0.25, 0.3) is 0 Å². The highest BCUT2D eigenvalue weighted by Crippen LogP contribution is 2.25. The van der Waals surface area contributed by atoms with E-state index < -0.39 is 0 Å². The first-order chi connectivity index (χ1) is 8.33. The Bertz CT molecular complexity index is 511. The van der Waals surface area contributed by atoms with E-state index in [9.17, 15) is 4.79 Å². The lowest BCUT2D eigenvalue weighted by Crippen LogP contribution is -2.22. The van der Waals surface area contributed by atoms with E-state index in [1.165, 1.54) is 28.5 Å². The van der Waals surface area contributed by atoms with E-state index in [4.69, 9.17) is 4.52 Å². The van der Waals surface area contributed by atoms with Crippen molar-refractivity contribution in [3.8, 4) is 0 Å². The zero-order valence-corrected chi connectivity index (χ0v) is 9.71. The normalized spacial score (nSPS) is 14.4. The van der Waals surface area contributed by atoms with Crippen LogP contribution in [-0.2, 0) is 13.0 Å². The zero-order chi connectivity index (χ0) is 11.7. The first-order valence-corrected chi connectivity index (χ1v) is 6.06. The smallest absolute Gasteiger partial charge is 0.296 e. The van der Waals surface area contributed by atoms with Crippen LogP contribution in [0.5, 0.6) is 0 Å². The standard InChI is InChI=1S/C10H10N4O2S/c15-9(7-2-4-12-16-7)14-10-13-6-1-3-11-5-8(6)17-10/h2,4,11H,1,3,5H2,(H,13,14,15). The van der Waals surface area contributed by atoms with E-state index in [0.29, 0.717) is 5.13 Å². The molecule has 0 saturated heterocycles. The average molecular weight is 250 g/mol. The molecule has 2 aromatic rings. The van der Waals surface area contributed by atoms with Crippen molar-refractivity contribution in [2.45, 2.75) is 13.0 Å². The van der Waals surface area contributed by atoms with Crippen molar-refractivity contribution in [3.05, 3.63) is 28.6 Å². The number of nitrogens with zero attached hydrogens (tertiary/aromatic N) is 2. The Morgan fingerprint density at radius 2 is 2.53 bits per heavy atom. The number of fused-ring (bicyclic) bond motifs is 1. The largest absolute Gasteiger partial charge is 0.351 e. The fourth-order valence-corrected chi connectivity index (χ4v) is 2.64. The predicted octanol–water partition coefficient (Wildman–Crippen LogP) is 1.03. The molecule has 17 heavy (non-hydrogen) atoms. The highest BCUT2D eigenvalue weighted by atomic mass is 32.1. The molecule has 0 aromatic carbocycles. The monoisotopic (exact) mass is 250 g/mol. The summed E-state index contributed by atoms with van der Waals surface area (Å²) in [6.45, 7) is 1.76. The Balaban J connectivity index is 1.77. The summed E-state index contributed by atoms with van der Waals surface area (Å²) in [5.41, 5.74) is 1.07. The molecule has 1 amide bonds. The van der Waals surface area contributed by atoms with Crippen LogP contribution < -0.4 is 10.6 Å². The van der Waals surface area contributed by atoms with Gasteiger partial charge in [-0.1, -0.05) is 5.16 Å². The summed E-state index contributed by atoms with van der Waals surface area (Å²) in [5, 5.41) is 10.1. The van der Waals surface area contributed by atoms with Gasteiger partial charge in [0.2, 0.25) is 5.76 Å². The summed E-state index contributed by atoms with van der Waals surface area (Å²) in [5.74, 6) is -0.127. The second-order valence-corrected chi connectivity index (χ2v) is 4.73. The predicted molar refractivity (Wildman–Crippen MR) is 62.0 cm³/mol. The van der Waals surface area contributed by atoms with Gasteiger partial charge in [-0.2, -0.15) is 0 Å². The van der Waals surface area contributed by atoms with Gasteiger partial charge < -0.3 is 9.84 Å². The quantitative estimate of drug-likeness (QED) is 0.832. The van der Waals surface area contributed by atoms with Gasteiger partial charge in [0.05, 0.1) is 11.9 Å². The van der Waals surface area contributed by atoms with Crippen LogP contribution in [-0.4, -0.2) is 22.6 Å². The first-order valence-electron chi connectivity index (χ1n) is 5.24. The molecule has 0 spiro atoms. The van der Waals surface area contributed by atoms with Gasteiger partial charge in [-0.05, 0) is 0 Å². The molecule has 3 rings (SSSR count). The molecular weight excluding hydrogens is 240 g/mol. The van der Waals surface area contributed by atoms with Gasteiger partial charge in [0, 0.05) is 30.5 Å². The lowest BCUT2D eigenvalue weighted by molar-refractivity contribution is 0.0988. The minimum atomic E-state index is -0.318.